The fourth-order valence-electron chi connectivity index (χ4n) is 1.23. The molecule has 0 unspecified atom stereocenters. The number of benzene rings is 1. The zero-order chi connectivity index (χ0) is 10.3. The smallest absolute Gasteiger partial charge is 0.258 e. The maximum Gasteiger partial charge on any atom is 0.279 e. The van der Waals surface area contributed by atoms with Gasteiger partial charge >= 0.3 is 0 Å². The van der Waals surface area contributed by atoms with Gasteiger partial charge in [-0.15, -0.1) is 24.0 Å². The fourth-order valence-corrected chi connectivity index (χ4v) is 3.43. The first kappa shape index (κ1) is 10.2. The van der Waals surface area contributed by atoms with Crippen LogP contribution in [0.3, 0.4) is 0 Å². The first-order valence-electron chi connectivity index (χ1n) is 3.64. The van der Waals surface area contributed by atoms with Gasteiger partial charge in [-0.05, 0) is 34.7 Å². The van der Waals surface area contributed by atoms with Crippen molar-refractivity contribution in [1.82, 2.24) is 0 Å². The zero-order valence-corrected chi connectivity index (χ0v) is 10.6. The Morgan fingerprint density at radius 2 is 2.14 bits per heavy atom. The van der Waals surface area contributed by atoms with Crippen LogP contribution >= 0.6 is 46.6 Å². The van der Waals surface area contributed by atoms with Crippen LogP contribution in [0.15, 0.2) is 23.1 Å². The Kier molecular flexibility index (Phi) is 2.67. The lowest BCUT2D eigenvalue weighted by atomic mass is 10.2. The summed E-state index contributed by atoms with van der Waals surface area (Å²) in [6, 6.07) is 5.15. The van der Waals surface area contributed by atoms with E-state index in [1.54, 1.807) is 0 Å². The molecule has 0 aliphatic carbocycles. The number of fused-ring (bicyclic) bond motifs is 1. The lowest BCUT2D eigenvalue weighted by molar-refractivity contribution is -0.383. The molecule has 0 fully saturated rings. The summed E-state index contributed by atoms with van der Waals surface area (Å²) in [6.07, 6.45) is 0. The van der Waals surface area contributed by atoms with Gasteiger partial charge in [0.2, 0.25) is 0 Å². The fraction of sp³-hybridized carbons (Fsp3) is 0. The zero-order valence-electron chi connectivity index (χ0n) is 6.73. The lowest BCUT2D eigenvalue weighted by Gasteiger charge is -1.95. The Morgan fingerprint density at radius 1 is 1.43 bits per heavy atom. The van der Waals surface area contributed by atoms with Crippen LogP contribution in [0.4, 0.5) is 5.69 Å². The monoisotopic (exact) mass is 337 g/mol. The standard InChI is InChI=1S/C8H4INO2S2/c9-8-3-5-6(10(11)12)1-4(13)2-7(5)14-8/h1-3,13H. The summed E-state index contributed by atoms with van der Waals surface area (Å²) in [5, 5.41) is 11.4. The molecule has 14 heavy (non-hydrogen) atoms. The van der Waals surface area contributed by atoms with Crippen LogP contribution < -0.4 is 0 Å². The molecule has 1 aromatic carbocycles. The second-order valence-electron chi connectivity index (χ2n) is 2.68. The van der Waals surface area contributed by atoms with E-state index >= 15 is 0 Å². The van der Waals surface area contributed by atoms with Crippen molar-refractivity contribution in [2.24, 2.45) is 0 Å². The third-order valence-corrected chi connectivity index (χ3v) is 3.87. The van der Waals surface area contributed by atoms with Crippen LogP contribution in [0.25, 0.3) is 10.1 Å². The molecule has 0 spiro atoms. The highest BCUT2D eigenvalue weighted by Crippen LogP contribution is 2.35. The Hall–Kier alpha value is -0.340. The van der Waals surface area contributed by atoms with Gasteiger partial charge in [0.05, 0.1) is 13.2 Å². The van der Waals surface area contributed by atoms with E-state index < -0.39 is 0 Å². The third-order valence-electron chi connectivity index (χ3n) is 1.77. The molecular formula is C8H4INO2S2. The van der Waals surface area contributed by atoms with Crippen LogP contribution in [0.5, 0.6) is 0 Å². The minimum Gasteiger partial charge on any atom is -0.258 e. The molecule has 0 atom stereocenters. The van der Waals surface area contributed by atoms with Crippen LogP contribution in [0.2, 0.25) is 0 Å². The Labute approximate surface area is 103 Å². The number of thiol groups is 1. The first-order valence-corrected chi connectivity index (χ1v) is 5.98. The Balaban J connectivity index is 2.85. The highest BCUT2D eigenvalue weighted by molar-refractivity contribution is 14.1. The summed E-state index contributed by atoms with van der Waals surface area (Å²) in [5.74, 6) is 0. The molecule has 2 rings (SSSR count). The van der Waals surface area contributed by atoms with Crippen molar-refractivity contribution >= 4 is 62.3 Å². The largest absolute Gasteiger partial charge is 0.279 e. The maximum absolute atomic E-state index is 10.8. The normalized spacial score (nSPS) is 10.7. The number of rotatable bonds is 1. The van der Waals surface area contributed by atoms with E-state index in [0.29, 0.717) is 10.3 Å². The summed E-state index contributed by atoms with van der Waals surface area (Å²) in [5.41, 5.74) is 0.131. The minimum absolute atomic E-state index is 0.131. The van der Waals surface area contributed by atoms with Crippen molar-refractivity contribution in [1.29, 1.82) is 0 Å². The molecule has 0 N–H and O–H groups in total. The van der Waals surface area contributed by atoms with E-state index in [1.165, 1.54) is 17.4 Å². The highest BCUT2D eigenvalue weighted by atomic mass is 127. The van der Waals surface area contributed by atoms with Gasteiger partial charge in [-0.1, -0.05) is 0 Å². The van der Waals surface area contributed by atoms with Crippen molar-refractivity contribution in [3.8, 4) is 0 Å². The summed E-state index contributed by atoms with van der Waals surface area (Å²) in [4.78, 5) is 11.0. The average Bonchev–Trinajstić information content (AvgIpc) is 2.42. The molecule has 0 saturated carbocycles. The number of nitrogens with zero attached hydrogens (tertiary/aromatic N) is 1. The van der Waals surface area contributed by atoms with Crippen LogP contribution in [0, 0.1) is 13.0 Å². The van der Waals surface area contributed by atoms with Gasteiger partial charge in [0.1, 0.15) is 0 Å². The van der Waals surface area contributed by atoms with E-state index in [-0.39, 0.29) is 10.6 Å². The average molecular weight is 337 g/mol. The molecule has 0 aliphatic rings. The number of non-ortho nitro benzene ring substituents is 1. The predicted octanol–water partition coefficient (Wildman–Crippen LogP) is 3.70. The van der Waals surface area contributed by atoms with Crippen molar-refractivity contribution in [3.05, 3.63) is 31.2 Å². The molecular weight excluding hydrogens is 333 g/mol. The van der Waals surface area contributed by atoms with Gasteiger partial charge in [-0.25, -0.2) is 0 Å². The molecule has 0 radical (unpaired) electrons. The summed E-state index contributed by atoms with van der Waals surface area (Å²) in [7, 11) is 0. The van der Waals surface area contributed by atoms with Crippen molar-refractivity contribution < 1.29 is 4.92 Å². The third kappa shape index (κ3) is 1.73. The van der Waals surface area contributed by atoms with Gasteiger partial charge in [0, 0.05) is 15.7 Å². The highest BCUT2D eigenvalue weighted by Gasteiger charge is 2.14. The number of hydrogen-bond donors (Lipinski definition) is 1. The Morgan fingerprint density at radius 3 is 2.79 bits per heavy atom. The quantitative estimate of drug-likeness (QED) is 0.373. The number of nitro groups is 1. The van der Waals surface area contributed by atoms with Crippen molar-refractivity contribution in [2.75, 3.05) is 0 Å². The molecule has 2 aromatic rings. The molecule has 6 heteroatoms. The molecule has 0 amide bonds. The van der Waals surface area contributed by atoms with Gasteiger partial charge < -0.3 is 0 Å². The van der Waals surface area contributed by atoms with Gasteiger partial charge in [0.25, 0.3) is 5.69 Å². The van der Waals surface area contributed by atoms with Crippen molar-refractivity contribution in [3.63, 3.8) is 0 Å². The van der Waals surface area contributed by atoms with Gasteiger partial charge in [-0.2, -0.15) is 0 Å². The van der Waals surface area contributed by atoms with Crippen LogP contribution in [-0.4, -0.2) is 4.92 Å². The minimum atomic E-state index is -0.370. The number of halogens is 1. The van der Waals surface area contributed by atoms with Crippen LogP contribution in [-0.2, 0) is 0 Å². The molecule has 0 saturated heterocycles. The molecule has 72 valence electrons. The second kappa shape index (κ2) is 3.67. The molecule has 0 bridgehead atoms. The summed E-state index contributed by atoms with van der Waals surface area (Å²) < 4.78 is 1.95. The summed E-state index contributed by atoms with van der Waals surface area (Å²) in [6.45, 7) is 0. The van der Waals surface area contributed by atoms with E-state index in [0.717, 1.165) is 7.58 Å². The Bertz CT molecular complexity index is 523. The summed E-state index contributed by atoms with van der Waals surface area (Å²) >= 11 is 7.82. The van der Waals surface area contributed by atoms with E-state index in [9.17, 15) is 10.1 Å². The van der Waals surface area contributed by atoms with E-state index in [1.807, 2.05) is 12.1 Å². The second-order valence-corrected chi connectivity index (χ2v) is 6.18. The number of hydrogen-bond acceptors (Lipinski definition) is 4. The number of nitro benzene ring substituents is 1. The maximum atomic E-state index is 10.8. The van der Waals surface area contributed by atoms with E-state index in [2.05, 4.69) is 35.2 Å². The lowest BCUT2D eigenvalue weighted by Crippen LogP contribution is -1.87. The van der Waals surface area contributed by atoms with Crippen molar-refractivity contribution in [2.45, 2.75) is 4.90 Å². The first-order chi connectivity index (χ1) is 6.58. The van der Waals surface area contributed by atoms with Crippen LogP contribution in [0.1, 0.15) is 0 Å². The molecule has 1 heterocycles. The molecule has 3 nitrogen and oxygen atoms in total. The van der Waals surface area contributed by atoms with Gasteiger partial charge in [0.15, 0.2) is 0 Å². The molecule has 0 aliphatic heterocycles. The predicted molar refractivity (Wildman–Crippen MR) is 68.4 cm³/mol. The topological polar surface area (TPSA) is 43.1 Å². The molecule has 1 aromatic heterocycles. The SMILES string of the molecule is O=[N+]([O-])c1cc(S)cc2sc(I)cc12. The van der Waals surface area contributed by atoms with Gasteiger partial charge in [-0.3, -0.25) is 10.1 Å². The number of thiophene rings is 1. The van der Waals surface area contributed by atoms with E-state index in [4.69, 9.17) is 0 Å².